The summed E-state index contributed by atoms with van der Waals surface area (Å²) < 4.78 is 5.93. The number of pyridine rings is 1. The van der Waals surface area contributed by atoms with Crippen molar-refractivity contribution in [3.63, 3.8) is 0 Å². The number of nitrogens with one attached hydrogen (secondary N) is 1. The molecule has 0 radical (unpaired) electrons. The number of piperidine rings is 1. The summed E-state index contributed by atoms with van der Waals surface area (Å²) in [4.78, 5) is 30.3. The molecule has 0 aromatic carbocycles. The first-order valence-corrected chi connectivity index (χ1v) is 9.88. The Morgan fingerprint density at radius 1 is 1.15 bits per heavy atom. The fraction of sp³-hybridized carbons (Fsp3) is 0.421. The van der Waals surface area contributed by atoms with Crippen molar-refractivity contribution in [1.29, 1.82) is 0 Å². The highest BCUT2D eigenvalue weighted by Crippen LogP contribution is 2.30. The number of rotatable bonds is 5. The summed E-state index contributed by atoms with van der Waals surface area (Å²) in [6.45, 7) is 1.38. The molecule has 2 aliphatic rings. The molecule has 2 fully saturated rings. The van der Waals surface area contributed by atoms with Crippen LogP contribution in [0.5, 0.6) is 5.88 Å². The van der Waals surface area contributed by atoms with E-state index in [4.69, 9.17) is 4.74 Å². The van der Waals surface area contributed by atoms with Crippen LogP contribution in [-0.4, -0.2) is 40.9 Å². The van der Waals surface area contributed by atoms with E-state index in [9.17, 15) is 9.59 Å². The van der Waals surface area contributed by atoms with E-state index in [-0.39, 0.29) is 23.8 Å². The monoisotopic (exact) mass is 371 g/mol. The van der Waals surface area contributed by atoms with Gasteiger partial charge in [0.15, 0.2) is 0 Å². The minimum absolute atomic E-state index is 0.0564. The van der Waals surface area contributed by atoms with Crippen molar-refractivity contribution in [3.8, 4) is 5.88 Å². The van der Waals surface area contributed by atoms with Crippen molar-refractivity contribution in [2.45, 2.75) is 31.8 Å². The van der Waals surface area contributed by atoms with Gasteiger partial charge in [-0.25, -0.2) is 4.98 Å². The van der Waals surface area contributed by atoms with E-state index in [2.05, 4.69) is 10.3 Å². The molecule has 1 saturated carbocycles. The van der Waals surface area contributed by atoms with E-state index >= 15 is 0 Å². The molecule has 0 bridgehead atoms. The highest BCUT2D eigenvalue weighted by atomic mass is 32.1. The number of hydrogen-bond donors (Lipinski definition) is 1. The zero-order valence-corrected chi connectivity index (χ0v) is 15.2. The van der Waals surface area contributed by atoms with Gasteiger partial charge in [0.05, 0.1) is 17.4 Å². The highest BCUT2D eigenvalue weighted by molar-refractivity contribution is 7.08. The zero-order valence-electron chi connectivity index (χ0n) is 14.4. The van der Waals surface area contributed by atoms with Crippen molar-refractivity contribution in [2.75, 3.05) is 18.4 Å². The van der Waals surface area contributed by atoms with Crippen molar-refractivity contribution < 1.29 is 14.3 Å². The first-order chi connectivity index (χ1) is 12.7. The van der Waals surface area contributed by atoms with Gasteiger partial charge in [0.1, 0.15) is 6.10 Å². The fourth-order valence-electron chi connectivity index (χ4n) is 3.03. The van der Waals surface area contributed by atoms with E-state index in [0.717, 1.165) is 31.2 Å². The quantitative estimate of drug-likeness (QED) is 0.876. The lowest BCUT2D eigenvalue weighted by Crippen LogP contribution is -2.41. The number of anilines is 1. The van der Waals surface area contributed by atoms with Crippen LogP contribution in [0.2, 0.25) is 0 Å². The van der Waals surface area contributed by atoms with E-state index in [1.807, 2.05) is 27.8 Å². The summed E-state index contributed by atoms with van der Waals surface area (Å²) in [5.41, 5.74) is 1.46. The predicted molar refractivity (Wildman–Crippen MR) is 99.5 cm³/mol. The van der Waals surface area contributed by atoms with Crippen LogP contribution in [0.15, 0.2) is 35.2 Å². The molecule has 2 aromatic heterocycles. The second-order valence-corrected chi connectivity index (χ2v) is 7.55. The maximum atomic E-state index is 12.3. The standard InChI is InChI=1S/C19H21N3O3S/c23-18(13-1-2-13)21-15-3-4-17(20-11-15)25-16-5-8-22(9-6-16)19(24)14-7-10-26-12-14/h3-4,7,10-13,16H,1-2,5-6,8-9H2,(H,21,23). The number of carbonyl (C=O) groups is 2. The number of ether oxygens (including phenoxy) is 1. The Labute approximate surface area is 156 Å². The van der Waals surface area contributed by atoms with Gasteiger partial charge in [-0.3, -0.25) is 9.59 Å². The van der Waals surface area contributed by atoms with Crippen molar-refractivity contribution in [2.24, 2.45) is 5.92 Å². The topological polar surface area (TPSA) is 71.5 Å². The molecular weight excluding hydrogens is 350 g/mol. The molecule has 0 unspecified atom stereocenters. The Balaban J connectivity index is 1.26. The van der Waals surface area contributed by atoms with Gasteiger partial charge in [0.2, 0.25) is 11.8 Å². The maximum Gasteiger partial charge on any atom is 0.254 e. The van der Waals surface area contributed by atoms with Gasteiger partial charge in [0.25, 0.3) is 5.91 Å². The molecule has 1 N–H and O–H groups in total. The lowest BCUT2D eigenvalue weighted by Gasteiger charge is -2.31. The van der Waals surface area contributed by atoms with Crippen LogP contribution in [0.1, 0.15) is 36.0 Å². The third-order valence-electron chi connectivity index (χ3n) is 4.74. The summed E-state index contributed by atoms with van der Waals surface area (Å²) in [6.07, 6.45) is 5.23. The van der Waals surface area contributed by atoms with Crippen LogP contribution in [0.3, 0.4) is 0 Å². The number of carbonyl (C=O) groups excluding carboxylic acids is 2. The minimum atomic E-state index is 0.0564. The third kappa shape index (κ3) is 4.04. The summed E-state index contributed by atoms with van der Waals surface area (Å²) in [6, 6.07) is 5.46. The average Bonchev–Trinajstić information content (AvgIpc) is 3.38. The second-order valence-electron chi connectivity index (χ2n) is 6.77. The van der Waals surface area contributed by atoms with Crippen LogP contribution < -0.4 is 10.1 Å². The second kappa shape index (κ2) is 7.45. The Hall–Kier alpha value is -2.41. The van der Waals surface area contributed by atoms with Crippen LogP contribution in [0.4, 0.5) is 5.69 Å². The molecule has 0 atom stereocenters. The molecule has 3 heterocycles. The molecule has 2 amide bonds. The molecule has 1 aliphatic heterocycles. The van der Waals surface area contributed by atoms with E-state index < -0.39 is 0 Å². The van der Waals surface area contributed by atoms with Crippen molar-refractivity contribution in [1.82, 2.24) is 9.88 Å². The summed E-state index contributed by atoms with van der Waals surface area (Å²) >= 11 is 1.54. The van der Waals surface area contributed by atoms with Gasteiger partial charge < -0.3 is 15.0 Å². The summed E-state index contributed by atoms with van der Waals surface area (Å²) in [5.74, 6) is 0.895. The van der Waals surface area contributed by atoms with E-state index in [1.165, 1.54) is 11.3 Å². The zero-order chi connectivity index (χ0) is 17.9. The molecule has 26 heavy (non-hydrogen) atoms. The molecule has 0 spiro atoms. The van der Waals surface area contributed by atoms with Crippen LogP contribution in [-0.2, 0) is 4.79 Å². The Kier molecular flexibility index (Phi) is 4.88. The largest absolute Gasteiger partial charge is 0.474 e. The predicted octanol–water partition coefficient (Wildman–Crippen LogP) is 3.18. The number of thiophene rings is 1. The van der Waals surface area contributed by atoms with Crippen LogP contribution in [0, 0.1) is 5.92 Å². The average molecular weight is 371 g/mol. The number of hydrogen-bond acceptors (Lipinski definition) is 5. The summed E-state index contributed by atoms with van der Waals surface area (Å²) in [5, 5.41) is 6.68. The fourth-order valence-corrected chi connectivity index (χ4v) is 3.66. The Morgan fingerprint density at radius 2 is 1.96 bits per heavy atom. The number of aromatic nitrogens is 1. The van der Waals surface area contributed by atoms with Gasteiger partial charge in [-0.1, -0.05) is 0 Å². The van der Waals surface area contributed by atoms with Crippen molar-refractivity contribution in [3.05, 3.63) is 40.7 Å². The first kappa shape index (κ1) is 17.0. The Bertz CT molecular complexity index is 764. The third-order valence-corrected chi connectivity index (χ3v) is 5.42. The SMILES string of the molecule is O=C(Nc1ccc(OC2CCN(C(=O)c3ccsc3)CC2)nc1)C1CC1. The van der Waals surface area contributed by atoms with Gasteiger partial charge in [0, 0.05) is 43.3 Å². The molecule has 136 valence electrons. The Morgan fingerprint density at radius 3 is 2.58 bits per heavy atom. The molecule has 4 rings (SSSR count). The number of amides is 2. The molecule has 6 nitrogen and oxygen atoms in total. The first-order valence-electron chi connectivity index (χ1n) is 8.94. The number of likely N-dealkylation sites (tertiary alicyclic amines) is 1. The van der Waals surface area contributed by atoms with Gasteiger partial charge in [-0.15, -0.1) is 0 Å². The smallest absolute Gasteiger partial charge is 0.254 e. The summed E-state index contributed by atoms with van der Waals surface area (Å²) in [7, 11) is 0. The normalized spacial score (nSPS) is 17.8. The number of nitrogens with zero attached hydrogens (tertiary/aromatic N) is 2. The lowest BCUT2D eigenvalue weighted by atomic mass is 10.1. The van der Waals surface area contributed by atoms with Gasteiger partial charge in [-0.05, 0) is 30.4 Å². The van der Waals surface area contributed by atoms with Gasteiger partial charge >= 0.3 is 0 Å². The molecule has 2 aromatic rings. The lowest BCUT2D eigenvalue weighted by molar-refractivity contribution is -0.117. The van der Waals surface area contributed by atoms with E-state index in [1.54, 1.807) is 12.3 Å². The molecule has 1 aliphatic carbocycles. The van der Waals surface area contributed by atoms with Crippen LogP contribution >= 0.6 is 11.3 Å². The molecule has 7 heteroatoms. The van der Waals surface area contributed by atoms with Gasteiger partial charge in [-0.2, -0.15) is 11.3 Å². The molecular formula is C19H21N3O3S. The van der Waals surface area contributed by atoms with Crippen LogP contribution in [0.25, 0.3) is 0 Å². The molecule has 1 saturated heterocycles. The highest BCUT2D eigenvalue weighted by Gasteiger charge is 2.29. The van der Waals surface area contributed by atoms with E-state index in [0.29, 0.717) is 24.7 Å². The maximum absolute atomic E-state index is 12.3. The minimum Gasteiger partial charge on any atom is -0.474 e. The van der Waals surface area contributed by atoms with Crippen molar-refractivity contribution >= 4 is 28.8 Å².